The van der Waals surface area contributed by atoms with Crippen LogP contribution in [0.1, 0.15) is 36.2 Å². The van der Waals surface area contributed by atoms with E-state index in [1.165, 1.54) is 0 Å². The van der Waals surface area contributed by atoms with Gasteiger partial charge in [-0.1, -0.05) is 32.0 Å². The summed E-state index contributed by atoms with van der Waals surface area (Å²) in [6, 6.07) is 6.72. The van der Waals surface area contributed by atoms with Gasteiger partial charge in [-0.15, -0.1) is 11.8 Å². The molecular weight excluding hydrogens is 274 g/mol. The van der Waals surface area contributed by atoms with Crippen LogP contribution in [0, 0.1) is 0 Å². The molecule has 0 aliphatic carbocycles. The Morgan fingerprint density at radius 3 is 2.65 bits per heavy atom. The molecule has 2 atom stereocenters. The molecule has 1 heterocycles. The van der Waals surface area contributed by atoms with Crippen molar-refractivity contribution in [2.45, 2.75) is 38.1 Å². The summed E-state index contributed by atoms with van der Waals surface area (Å²) in [5, 5.41) is 9.26. The number of aryl methyl sites for hydroxylation is 1. The summed E-state index contributed by atoms with van der Waals surface area (Å²) < 4.78 is 0. The second-order valence-corrected chi connectivity index (χ2v) is 5.98. The van der Waals surface area contributed by atoms with Gasteiger partial charge in [0, 0.05) is 11.3 Å². The molecule has 1 fully saturated rings. The van der Waals surface area contributed by atoms with Crippen molar-refractivity contribution in [3.8, 4) is 0 Å². The highest BCUT2D eigenvalue weighted by atomic mass is 32.2. The van der Waals surface area contributed by atoms with E-state index in [0.29, 0.717) is 11.3 Å². The highest BCUT2D eigenvalue weighted by Gasteiger charge is 2.41. The van der Waals surface area contributed by atoms with Crippen molar-refractivity contribution in [2.24, 2.45) is 0 Å². The molecule has 1 N–H and O–H groups in total. The van der Waals surface area contributed by atoms with Gasteiger partial charge in [-0.3, -0.25) is 4.79 Å². The molecule has 0 bridgehead atoms. The zero-order valence-corrected chi connectivity index (χ0v) is 12.5. The van der Waals surface area contributed by atoms with Crippen LogP contribution < -0.4 is 0 Å². The van der Waals surface area contributed by atoms with E-state index in [2.05, 4.69) is 0 Å². The Labute approximate surface area is 123 Å². The molecule has 5 heteroatoms. The zero-order valence-electron chi connectivity index (χ0n) is 11.7. The molecule has 1 aromatic rings. The third-order valence-corrected chi connectivity index (χ3v) is 5.04. The van der Waals surface area contributed by atoms with Gasteiger partial charge in [0.1, 0.15) is 6.04 Å². The van der Waals surface area contributed by atoms with Crippen LogP contribution in [0.3, 0.4) is 0 Å². The summed E-state index contributed by atoms with van der Waals surface area (Å²) in [6.45, 7) is 3.98. The van der Waals surface area contributed by atoms with E-state index in [1.54, 1.807) is 22.7 Å². The number of amides is 1. The molecule has 2 unspecified atom stereocenters. The SMILES string of the molecule is CCc1ccccc1C(=O)N1C(CC)SCC1C(=O)O. The highest BCUT2D eigenvalue weighted by Crippen LogP contribution is 2.33. The van der Waals surface area contributed by atoms with E-state index in [0.717, 1.165) is 18.4 Å². The molecule has 20 heavy (non-hydrogen) atoms. The number of thioether (sulfide) groups is 1. The Kier molecular flexibility index (Phi) is 4.70. The van der Waals surface area contributed by atoms with Crippen molar-refractivity contribution in [1.29, 1.82) is 0 Å². The van der Waals surface area contributed by atoms with Crippen LogP contribution in [0.4, 0.5) is 0 Å². The first-order valence-corrected chi connectivity index (χ1v) is 7.90. The average molecular weight is 293 g/mol. The van der Waals surface area contributed by atoms with Crippen LogP contribution in [0.5, 0.6) is 0 Å². The maximum absolute atomic E-state index is 12.8. The fourth-order valence-electron chi connectivity index (χ4n) is 2.52. The molecule has 1 aliphatic heterocycles. The summed E-state index contributed by atoms with van der Waals surface area (Å²) >= 11 is 1.55. The lowest BCUT2D eigenvalue weighted by atomic mass is 10.0. The third kappa shape index (κ3) is 2.68. The van der Waals surface area contributed by atoms with Crippen LogP contribution >= 0.6 is 11.8 Å². The monoisotopic (exact) mass is 293 g/mol. The molecule has 4 nitrogen and oxygen atoms in total. The van der Waals surface area contributed by atoms with Gasteiger partial charge in [-0.25, -0.2) is 4.79 Å². The summed E-state index contributed by atoms with van der Waals surface area (Å²) in [7, 11) is 0. The van der Waals surface area contributed by atoms with Crippen molar-refractivity contribution < 1.29 is 14.7 Å². The Balaban J connectivity index is 2.36. The van der Waals surface area contributed by atoms with Crippen LogP contribution in [0.2, 0.25) is 0 Å². The second-order valence-electron chi connectivity index (χ2n) is 4.77. The van der Waals surface area contributed by atoms with Crippen molar-refractivity contribution in [1.82, 2.24) is 4.90 Å². The Morgan fingerprint density at radius 1 is 1.35 bits per heavy atom. The summed E-state index contributed by atoms with van der Waals surface area (Å²) in [6.07, 6.45) is 1.52. The molecule has 1 aliphatic rings. The second kappa shape index (κ2) is 6.31. The van der Waals surface area contributed by atoms with E-state index < -0.39 is 12.0 Å². The van der Waals surface area contributed by atoms with Crippen molar-refractivity contribution >= 4 is 23.6 Å². The van der Waals surface area contributed by atoms with Gasteiger partial charge in [-0.05, 0) is 24.5 Å². The first kappa shape index (κ1) is 14.9. The van der Waals surface area contributed by atoms with Crippen molar-refractivity contribution in [2.75, 3.05) is 5.75 Å². The molecule has 1 saturated heterocycles. The molecule has 0 aromatic heterocycles. The number of carbonyl (C=O) groups is 2. The number of nitrogens with zero attached hydrogens (tertiary/aromatic N) is 1. The topological polar surface area (TPSA) is 57.6 Å². The predicted octanol–water partition coefficient (Wildman–Crippen LogP) is 2.63. The van der Waals surface area contributed by atoms with E-state index in [4.69, 9.17) is 0 Å². The number of aliphatic carboxylic acids is 1. The molecule has 108 valence electrons. The quantitative estimate of drug-likeness (QED) is 0.927. The number of benzene rings is 1. The van der Waals surface area contributed by atoms with Gasteiger partial charge >= 0.3 is 5.97 Å². The maximum Gasteiger partial charge on any atom is 0.327 e. The number of carbonyl (C=O) groups excluding carboxylic acids is 1. The standard InChI is InChI=1S/C15H19NO3S/c1-3-10-7-5-6-8-11(10)14(17)16-12(15(18)19)9-20-13(16)4-2/h5-8,12-13H,3-4,9H2,1-2H3,(H,18,19). The van der Waals surface area contributed by atoms with E-state index in [-0.39, 0.29) is 11.3 Å². The predicted molar refractivity (Wildman–Crippen MR) is 80.0 cm³/mol. The first-order valence-electron chi connectivity index (χ1n) is 6.85. The summed E-state index contributed by atoms with van der Waals surface area (Å²) in [5.41, 5.74) is 1.59. The fraction of sp³-hybridized carbons (Fsp3) is 0.467. The Hall–Kier alpha value is -1.49. The largest absolute Gasteiger partial charge is 0.480 e. The fourth-order valence-corrected chi connectivity index (χ4v) is 3.86. The number of hydrogen-bond acceptors (Lipinski definition) is 3. The van der Waals surface area contributed by atoms with Gasteiger partial charge in [0.25, 0.3) is 5.91 Å². The van der Waals surface area contributed by atoms with E-state index in [9.17, 15) is 14.7 Å². The van der Waals surface area contributed by atoms with Gasteiger partial charge in [-0.2, -0.15) is 0 Å². The minimum Gasteiger partial charge on any atom is -0.480 e. The molecule has 0 saturated carbocycles. The van der Waals surface area contributed by atoms with Gasteiger partial charge < -0.3 is 10.0 Å². The number of carboxylic acid groups (broad SMARTS) is 1. The minimum atomic E-state index is -0.921. The van der Waals surface area contributed by atoms with Crippen LogP contribution in [0.25, 0.3) is 0 Å². The summed E-state index contributed by atoms with van der Waals surface area (Å²) in [5.74, 6) is -0.615. The molecule has 0 radical (unpaired) electrons. The molecule has 1 aromatic carbocycles. The number of hydrogen-bond donors (Lipinski definition) is 1. The van der Waals surface area contributed by atoms with Crippen molar-refractivity contribution in [3.05, 3.63) is 35.4 Å². The highest BCUT2D eigenvalue weighted by molar-refractivity contribution is 8.00. The average Bonchev–Trinajstić information content (AvgIpc) is 2.90. The van der Waals surface area contributed by atoms with E-state index >= 15 is 0 Å². The van der Waals surface area contributed by atoms with Crippen LogP contribution in [0.15, 0.2) is 24.3 Å². The Morgan fingerprint density at radius 2 is 2.05 bits per heavy atom. The number of rotatable bonds is 4. The summed E-state index contributed by atoms with van der Waals surface area (Å²) in [4.78, 5) is 25.7. The minimum absolute atomic E-state index is 0.0477. The Bertz CT molecular complexity index is 518. The molecule has 0 spiro atoms. The molecule has 2 rings (SSSR count). The molecule has 1 amide bonds. The lowest BCUT2D eigenvalue weighted by Crippen LogP contribution is -2.45. The lowest BCUT2D eigenvalue weighted by molar-refractivity contribution is -0.141. The number of carboxylic acids is 1. The van der Waals surface area contributed by atoms with E-state index in [1.807, 2.05) is 32.0 Å². The van der Waals surface area contributed by atoms with Gasteiger partial charge in [0.15, 0.2) is 0 Å². The third-order valence-electron chi connectivity index (χ3n) is 3.59. The normalized spacial score (nSPS) is 22.0. The molecular formula is C15H19NO3S. The van der Waals surface area contributed by atoms with Gasteiger partial charge in [0.2, 0.25) is 0 Å². The smallest absolute Gasteiger partial charge is 0.327 e. The maximum atomic E-state index is 12.8. The first-order chi connectivity index (χ1) is 9.60. The van der Waals surface area contributed by atoms with Crippen LogP contribution in [-0.2, 0) is 11.2 Å². The zero-order chi connectivity index (χ0) is 14.7. The van der Waals surface area contributed by atoms with Gasteiger partial charge in [0.05, 0.1) is 5.37 Å². The van der Waals surface area contributed by atoms with Crippen LogP contribution in [-0.4, -0.2) is 39.1 Å². The lowest BCUT2D eigenvalue weighted by Gasteiger charge is -2.27. The van der Waals surface area contributed by atoms with Crippen molar-refractivity contribution in [3.63, 3.8) is 0 Å².